The molecule has 4 aliphatic rings. The zero-order valence-corrected chi connectivity index (χ0v) is 21.7. The Bertz CT molecular complexity index is 610. The summed E-state index contributed by atoms with van der Waals surface area (Å²) >= 11 is 0. The molecule has 0 amide bonds. The first-order valence-corrected chi connectivity index (χ1v) is 13.6. The van der Waals surface area contributed by atoms with Crippen LogP contribution in [0.15, 0.2) is 0 Å². The molecule has 0 aromatic rings. The first kappa shape index (κ1) is 24.9. The van der Waals surface area contributed by atoms with E-state index in [-0.39, 0.29) is 0 Å². The fourth-order valence-corrected chi connectivity index (χ4v) is 9.49. The normalized spacial score (nSPS) is 46.9. The molecule has 0 heterocycles. The van der Waals surface area contributed by atoms with Crippen LogP contribution in [0, 0.1) is 46.3 Å². The largest absolute Gasteiger partial charge is 0.359 e. The van der Waals surface area contributed by atoms with Crippen molar-refractivity contribution in [2.75, 3.05) is 27.8 Å². The van der Waals surface area contributed by atoms with Gasteiger partial charge in [-0.1, -0.05) is 40.5 Å². The van der Waals surface area contributed by atoms with Crippen LogP contribution in [0.25, 0.3) is 0 Å². The second-order valence-corrected chi connectivity index (χ2v) is 12.2. The maximum atomic E-state index is 6.59. The lowest BCUT2D eigenvalue weighted by atomic mass is 9.43. The Labute approximate surface area is 197 Å². The summed E-state index contributed by atoms with van der Waals surface area (Å²) in [5.41, 5.74) is 0.731. The molecule has 0 spiro atoms. The summed E-state index contributed by atoms with van der Waals surface area (Å²) in [6.07, 6.45) is 13.9. The maximum Gasteiger partial charge on any atom is 0.146 e. The molecular weight excluding hydrogens is 400 g/mol. The highest BCUT2D eigenvalue weighted by atomic mass is 16.7. The molecule has 0 aliphatic heterocycles. The summed E-state index contributed by atoms with van der Waals surface area (Å²) < 4.78 is 23.3. The highest BCUT2D eigenvalue weighted by Crippen LogP contribution is 2.69. The standard InChI is InChI=1S/C28H50O4/c1-7-8-19(2)23-11-12-24-22-10-9-20-15-21(31-17-29-5)13-14-27(20,3)25(22)16-26(28(23,24)4)32-18-30-6/h19-26H,7-18H2,1-6H3/t19-,20-,21-,22+,23-,24+,25+,26+,27+,28-/m1/s1. The lowest BCUT2D eigenvalue weighted by Gasteiger charge is -2.63. The van der Waals surface area contributed by atoms with Gasteiger partial charge in [-0.05, 0) is 92.3 Å². The maximum absolute atomic E-state index is 6.59. The van der Waals surface area contributed by atoms with E-state index in [4.69, 9.17) is 18.9 Å². The van der Waals surface area contributed by atoms with Gasteiger partial charge in [-0.15, -0.1) is 0 Å². The quantitative estimate of drug-likeness (QED) is 0.368. The first-order chi connectivity index (χ1) is 15.4. The van der Waals surface area contributed by atoms with Crippen LogP contribution in [0.3, 0.4) is 0 Å². The van der Waals surface area contributed by atoms with E-state index in [1.807, 2.05) is 0 Å². The Hall–Kier alpha value is -0.160. The van der Waals surface area contributed by atoms with Gasteiger partial charge in [-0.2, -0.15) is 0 Å². The van der Waals surface area contributed by atoms with Gasteiger partial charge in [0.1, 0.15) is 13.6 Å². The van der Waals surface area contributed by atoms with Gasteiger partial charge in [0, 0.05) is 19.6 Å². The van der Waals surface area contributed by atoms with E-state index in [1.165, 1.54) is 64.2 Å². The molecule has 4 aliphatic carbocycles. The Morgan fingerprint density at radius 3 is 2.34 bits per heavy atom. The van der Waals surface area contributed by atoms with Crippen molar-refractivity contribution in [3.63, 3.8) is 0 Å². The third-order valence-electron chi connectivity index (χ3n) is 11.0. The molecular formula is C28H50O4. The summed E-state index contributed by atoms with van der Waals surface area (Å²) in [6.45, 7) is 11.0. The van der Waals surface area contributed by atoms with Crippen LogP contribution in [0.1, 0.15) is 91.9 Å². The minimum atomic E-state index is 0.302. The predicted molar refractivity (Wildman–Crippen MR) is 128 cm³/mol. The number of hydrogen-bond acceptors (Lipinski definition) is 4. The van der Waals surface area contributed by atoms with Crippen LogP contribution in [-0.4, -0.2) is 40.0 Å². The van der Waals surface area contributed by atoms with Crippen LogP contribution >= 0.6 is 0 Å². The molecule has 0 aromatic carbocycles. The average Bonchev–Trinajstić information content (AvgIpc) is 3.14. The SMILES string of the molecule is CCC[C@@H](C)[C@H]1CC[C@H]2[C@@H]3CC[C@@H]4C[C@H](OCOC)CC[C@]4(C)[C@H]3C[C@H](OCOC)[C@]12C. The fraction of sp³-hybridized carbons (Fsp3) is 1.00. The molecule has 4 fully saturated rings. The molecule has 4 saturated carbocycles. The lowest BCUT2D eigenvalue weighted by molar-refractivity contribution is -0.214. The zero-order chi connectivity index (χ0) is 22.9. The summed E-state index contributed by atoms with van der Waals surface area (Å²) in [5.74, 6) is 4.83. The van der Waals surface area contributed by atoms with E-state index in [2.05, 4.69) is 27.7 Å². The summed E-state index contributed by atoms with van der Waals surface area (Å²) in [5, 5.41) is 0. The van der Waals surface area contributed by atoms with E-state index < -0.39 is 0 Å². The van der Waals surface area contributed by atoms with Crippen molar-refractivity contribution in [3.8, 4) is 0 Å². The first-order valence-electron chi connectivity index (χ1n) is 13.6. The second-order valence-electron chi connectivity index (χ2n) is 12.2. The molecule has 4 heteroatoms. The van der Waals surface area contributed by atoms with Crippen LogP contribution in [-0.2, 0) is 18.9 Å². The van der Waals surface area contributed by atoms with E-state index >= 15 is 0 Å². The number of rotatable bonds is 9. The van der Waals surface area contributed by atoms with Crippen LogP contribution in [0.5, 0.6) is 0 Å². The number of methoxy groups -OCH3 is 2. The molecule has 0 bridgehead atoms. The smallest absolute Gasteiger partial charge is 0.146 e. The molecule has 32 heavy (non-hydrogen) atoms. The van der Waals surface area contributed by atoms with Crippen molar-refractivity contribution in [2.24, 2.45) is 46.3 Å². The van der Waals surface area contributed by atoms with E-state index in [0.717, 1.165) is 35.5 Å². The summed E-state index contributed by atoms with van der Waals surface area (Å²) in [7, 11) is 3.50. The summed E-state index contributed by atoms with van der Waals surface area (Å²) in [6, 6.07) is 0. The molecule has 4 nitrogen and oxygen atoms in total. The van der Waals surface area contributed by atoms with Crippen molar-refractivity contribution in [1.82, 2.24) is 0 Å². The van der Waals surface area contributed by atoms with Gasteiger partial charge < -0.3 is 18.9 Å². The highest BCUT2D eigenvalue weighted by Gasteiger charge is 2.64. The lowest BCUT2D eigenvalue weighted by Crippen LogP contribution is -2.59. The minimum absolute atomic E-state index is 0.302. The van der Waals surface area contributed by atoms with E-state index in [1.54, 1.807) is 14.2 Å². The van der Waals surface area contributed by atoms with Crippen molar-refractivity contribution < 1.29 is 18.9 Å². The molecule has 0 saturated heterocycles. The van der Waals surface area contributed by atoms with Crippen molar-refractivity contribution >= 4 is 0 Å². The van der Waals surface area contributed by atoms with Gasteiger partial charge >= 0.3 is 0 Å². The zero-order valence-electron chi connectivity index (χ0n) is 21.7. The molecule has 4 rings (SSSR count). The van der Waals surface area contributed by atoms with Crippen molar-refractivity contribution in [2.45, 2.75) is 104 Å². The Balaban J connectivity index is 1.58. The van der Waals surface area contributed by atoms with Gasteiger partial charge in [-0.25, -0.2) is 0 Å². The van der Waals surface area contributed by atoms with Gasteiger partial charge in [0.15, 0.2) is 0 Å². The third-order valence-corrected chi connectivity index (χ3v) is 11.0. The van der Waals surface area contributed by atoms with E-state index in [9.17, 15) is 0 Å². The monoisotopic (exact) mass is 450 g/mol. The van der Waals surface area contributed by atoms with Crippen molar-refractivity contribution in [1.29, 1.82) is 0 Å². The number of fused-ring (bicyclic) bond motifs is 5. The average molecular weight is 451 g/mol. The van der Waals surface area contributed by atoms with Crippen LogP contribution in [0.4, 0.5) is 0 Å². The molecule has 0 unspecified atom stereocenters. The topological polar surface area (TPSA) is 36.9 Å². The second kappa shape index (κ2) is 10.2. The van der Waals surface area contributed by atoms with Gasteiger partial charge in [0.25, 0.3) is 0 Å². The molecule has 0 radical (unpaired) electrons. The molecule has 10 atom stereocenters. The Morgan fingerprint density at radius 2 is 1.62 bits per heavy atom. The van der Waals surface area contributed by atoms with Crippen LogP contribution in [0.2, 0.25) is 0 Å². The van der Waals surface area contributed by atoms with Gasteiger partial charge in [0.2, 0.25) is 0 Å². The highest BCUT2D eigenvalue weighted by molar-refractivity contribution is 5.13. The van der Waals surface area contributed by atoms with Crippen LogP contribution < -0.4 is 0 Å². The Kier molecular flexibility index (Phi) is 7.97. The third kappa shape index (κ3) is 4.20. The van der Waals surface area contributed by atoms with Gasteiger partial charge in [0.05, 0.1) is 12.2 Å². The number of ether oxygens (including phenoxy) is 4. The van der Waals surface area contributed by atoms with Crippen molar-refractivity contribution in [3.05, 3.63) is 0 Å². The van der Waals surface area contributed by atoms with Gasteiger partial charge in [-0.3, -0.25) is 0 Å². The Morgan fingerprint density at radius 1 is 0.875 bits per heavy atom. The van der Waals surface area contributed by atoms with E-state index in [0.29, 0.717) is 36.6 Å². The minimum Gasteiger partial charge on any atom is -0.359 e. The predicted octanol–water partition coefficient (Wildman–Crippen LogP) is 6.67. The molecule has 0 N–H and O–H groups in total. The number of hydrogen-bond donors (Lipinski definition) is 0. The summed E-state index contributed by atoms with van der Waals surface area (Å²) in [4.78, 5) is 0. The molecule has 0 aromatic heterocycles. The fourth-order valence-electron chi connectivity index (χ4n) is 9.49. The molecule has 186 valence electrons.